The summed E-state index contributed by atoms with van der Waals surface area (Å²) >= 11 is 0. The molecule has 4 nitrogen and oxygen atoms in total. The van der Waals surface area contributed by atoms with Crippen molar-refractivity contribution in [1.29, 1.82) is 0 Å². The molecular weight excluding hydrogens is 384 g/mol. The highest BCUT2D eigenvalue weighted by atomic mass is 16.5. The monoisotopic (exact) mass is 414 g/mol. The molecule has 1 aliphatic carbocycles. The van der Waals surface area contributed by atoms with Gasteiger partial charge < -0.3 is 9.64 Å². The van der Waals surface area contributed by atoms with Crippen LogP contribution in [0.5, 0.6) is 5.75 Å². The van der Waals surface area contributed by atoms with Gasteiger partial charge in [0, 0.05) is 35.5 Å². The van der Waals surface area contributed by atoms with E-state index in [1.54, 1.807) is 0 Å². The number of ether oxygens (including phenoxy) is 1. The lowest BCUT2D eigenvalue weighted by Gasteiger charge is -2.50. The van der Waals surface area contributed by atoms with E-state index < -0.39 is 5.60 Å². The molecule has 160 valence electrons. The zero-order valence-corrected chi connectivity index (χ0v) is 19.1. The number of aliphatic imine (C=N–C) groups is 1. The molecule has 0 bridgehead atoms. The molecule has 4 aliphatic rings. The molecule has 1 unspecified atom stereocenters. The first kappa shape index (κ1) is 19.1. The third kappa shape index (κ3) is 2.48. The normalized spacial score (nSPS) is 26.7. The second kappa shape index (κ2) is 5.79. The molecule has 0 spiro atoms. The number of anilines is 1. The van der Waals surface area contributed by atoms with Gasteiger partial charge in [-0.15, -0.1) is 0 Å². The van der Waals surface area contributed by atoms with Crippen LogP contribution in [-0.2, 0) is 10.8 Å². The van der Waals surface area contributed by atoms with Crippen LogP contribution >= 0.6 is 0 Å². The molecule has 0 saturated heterocycles. The molecule has 3 aliphatic heterocycles. The second-order valence-corrected chi connectivity index (χ2v) is 11.2. The van der Waals surface area contributed by atoms with E-state index in [2.05, 4.69) is 38.7 Å². The Morgan fingerprint density at radius 3 is 2.39 bits per heavy atom. The average molecular weight is 415 g/mol. The number of nitrogens with zero attached hydrogens (tertiary/aromatic N) is 2. The van der Waals surface area contributed by atoms with Crippen molar-refractivity contribution in [3.63, 3.8) is 0 Å². The number of benzene rings is 2. The van der Waals surface area contributed by atoms with Crippen LogP contribution in [-0.4, -0.2) is 30.2 Å². The fourth-order valence-corrected chi connectivity index (χ4v) is 6.04. The lowest BCUT2D eigenvalue weighted by atomic mass is 9.68. The number of hydrogen-bond donors (Lipinski definition) is 0. The van der Waals surface area contributed by atoms with Gasteiger partial charge in [0.1, 0.15) is 5.69 Å². The molecule has 4 heteroatoms. The number of rotatable bonds is 0. The Balaban J connectivity index is 1.67. The summed E-state index contributed by atoms with van der Waals surface area (Å²) in [7, 11) is 0. The van der Waals surface area contributed by atoms with E-state index in [1.165, 1.54) is 16.8 Å². The predicted molar refractivity (Wildman–Crippen MR) is 125 cm³/mol. The summed E-state index contributed by atoms with van der Waals surface area (Å²) in [4.78, 5) is 20.8. The quantitative estimate of drug-likeness (QED) is 0.554. The minimum atomic E-state index is -0.730. The van der Waals surface area contributed by atoms with Crippen LogP contribution in [0, 0.1) is 0 Å². The lowest BCUT2D eigenvalue weighted by Crippen LogP contribution is -2.50. The summed E-state index contributed by atoms with van der Waals surface area (Å²) in [6, 6.07) is 10.1. The van der Waals surface area contributed by atoms with E-state index in [-0.39, 0.29) is 16.6 Å². The topological polar surface area (TPSA) is 41.9 Å². The smallest absolute Gasteiger partial charge is 0.167 e. The van der Waals surface area contributed by atoms with Gasteiger partial charge in [0.2, 0.25) is 0 Å². The lowest BCUT2D eigenvalue weighted by molar-refractivity contribution is 0.0831. The third-order valence-electron chi connectivity index (χ3n) is 8.01. The van der Waals surface area contributed by atoms with Crippen molar-refractivity contribution in [3.05, 3.63) is 52.6 Å². The zero-order chi connectivity index (χ0) is 21.8. The van der Waals surface area contributed by atoms with Crippen LogP contribution in [0.4, 0.5) is 11.4 Å². The maximum Gasteiger partial charge on any atom is 0.167 e. The Bertz CT molecular complexity index is 1190. The molecule has 0 amide bonds. The van der Waals surface area contributed by atoms with Crippen molar-refractivity contribution in [2.75, 3.05) is 18.0 Å². The Kier molecular flexibility index (Phi) is 3.56. The maximum atomic E-state index is 13.0. The van der Waals surface area contributed by atoms with Crippen LogP contribution in [0.3, 0.4) is 0 Å². The van der Waals surface area contributed by atoms with Crippen molar-refractivity contribution in [3.8, 4) is 5.75 Å². The summed E-state index contributed by atoms with van der Waals surface area (Å²) in [5.74, 6) is 1.03. The fourth-order valence-electron chi connectivity index (χ4n) is 6.04. The Morgan fingerprint density at radius 1 is 0.968 bits per heavy atom. The Hall–Kier alpha value is -2.62. The van der Waals surface area contributed by atoms with Crippen LogP contribution in [0.1, 0.15) is 80.9 Å². The second-order valence-electron chi connectivity index (χ2n) is 11.2. The van der Waals surface area contributed by atoms with Crippen LogP contribution in [0.2, 0.25) is 0 Å². The van der Waals surface area contributed by atoms with Gasteiger partial charge in [0.25, 0.3) is 0 Å². The van der Waals surface area contributed by atoms with Crippen molar-refractivity contribution in [1.82, 2.24) is 0 Å². The van der Waals surface area contributed by atoms with Gasteiger partial charge in [0.15, 0.2) is 17.1 Å². The summed E-state index contributed by atoms with van der Waals surface area (Å²) in [5.41, 5.74) is 6.89. The molecule has 0 aromatic heterocycles. The number of fused-ring (bicyclic) bond motifs is 5. The van der Waals surface area contributed by atoms with E-state index in [9.17, 15) is 4.79 Å². The van der Waals surface area contributed by atoms with Crippen molar-refractivity contribution >= 4 is 22.9 Å². The largest absolute Gasteiger partial charge is 0.478 e. The van der Waals surface area contributed by atoms with E-state index >= 15 is 0 Å². The molecule has 2 aromatic carbocycles. The van der Waals surface area contributed by atoms with E-state index in [0.29, 0.717) is 6.42 Å². The maximum absolute atomic E-state index is 13.0. The summed E-state index contributed by atoms with van der Waals surface area (Å²) < 4.78 is 6.85. The predicted octanol–water partition coefficient (Wildman–Crippen LogP) is 5.71. The van der Waals surface area contributed by atoms with E-state index in [4.69, 9.17) is 9.73 Å². The van der Waals surface area contributed by atoms with E-state index in [1.807, 2.05) is 31.2 Å². The number of hydrogen-bond acceptors (Lipinski definition) is 4. The molecule has 1 atom stereocenters. The number of carbonyl (C=O) groups is 1. The number of ketones is 1. The van der Waals surface area contributed by atoms with Crippen LogP contribution in [0.15, 0.2) is 35.3 Å². The molecule has 31 heavy (non-hydrogen) atoms. The Morgan fingerprint density at radius 2 is 1.65 bits per heavy atom. The van der Waals surface area contributed by atoms with Gasteiger partial charge in [-0.3, -0.25) is 4.79 Å². The molecule has 0 radical (unpaired) electrons. The summed E-state index contributed by atoms with van der Waals surface area (Å²) in [5, 5.41) is 0. The first-order valence-electron chi connectivity index (χ1n) is 11.5. The highest BCUT2D eigenvalue weighted by molar-refractivity contribution is 6.21. The molecule has 0 N–H and O–H groups in total. The SMILES string of the molecule is CC12CC(=O)c3ccccc3C1=Nc1cc3c4c(c1O2)C(C)(C)CCN4CCC3(C)C. The standard InChI is InChI=1S/C27H30N2O2/c1-25(2)10-12-29-13-11-26(3,4)21-22(29)18(25)14-19-23(21)31-27(5)15-20(30)16-8-6-7-9-17(16)24(27)28-19/h6-9,14H,10-13,15H2,1-5H3. The van der Waals surface area contributed by atoms with Gasteiger partial charge in [-0.25, -0.2) is 4.99 Å². The van der Waals surface area contributed by atoms with Crippen molar-refractivity contribution in [2.24, 2.45) is 4.99 Å². The van der Waals surface area contributed by atoms with Gasteiger partial charge >= 0.3 is 0 Å². The van der Waals surface area contributed by atoms with Gasteiger partial charge in [-0.2, -0.15) is 0 Å². The molecule has 2 aromatic rings. The third-order valence-corrected chi connectivity index (χ3v) is 8.01. The summed E-state index contributed by atoms with van der Waals surface area (Å²) in [6.07, 6.45) is 2.56. The first-order valence-corrected chi connectivity index (χ1v) is 11.5. The van der Waals surface area contributed by atoms with Gasteiger partial charge in [0.05, 0.1) is 12.1 Å². The Labute approximate surface area is 184 Å². The minimum Gasteiger partial charge on any atom is -0.478 e. The fraction of sp³-hybridized carbons (Fsp3) is 0.481. The minimum absolute atomic E-state index is 0.000682. The number of Topliss-reactive ketones (excluding diaryl/α,β-unsaturated/α-hetero) is 1. The first-order chi connectivity index (χ1) is 14.6. The highest BCUT2D eigenvalue weighted by Crippen LogP contribution is 2.57. The van der Waals surface area contributed by atoms with Crippen molar-refractivity contribution in [2.45, 2.75) is 70.3 Å². The van der Waals surface area contributed by atoms with E-state index in [0.717, 1.165) is 54.2 Å². The summed E-state index contributed by atoms with van der Waals surface area (Å²) in [6.45, 7) is 13.6. The zero-order valence-electron chi connectivity index (χ0n) is 19.1. The van der Waals surface area contributed by atoms with Crippen LogP contribution < -0.4 is 9.64 Å². The average Bonchev–Trinajstić information content (AvgIpc) is 2.70. The van der Waals surface area contributed by atoms with Crippen molar-refractivity contribution < 1.29 is 9.53 Å². The number of carbonyl (C=O) groups excluding carboxylic acids is 1. The van der Waals surface area contributed by atoms with Crippen LogP contribution in [0.25, 0.3) is 0 Å². The van der Waals surface area contributed by atoms with Gasteiger partial charge in [-0.1, -0.05) is 52.0 Å². The molecule has 6 rings (SSSR count). The molecular formula is C27H30N2O2. The molecule has 0 fully saturated rings. The highest BCUT2D eigenvalue weighted by Gasteiger charge is 2.49. The molecule has 3 heterocycles. The molecule has 0 saturated carbocycles. The van der Waals surface area contributed by atoms with Gasteiger partial charge in [-0.05, 0) is 42.2 Å².